The highest BCUT2D eigenvalue weighted by Gasteiger charge is 2.71. The van der Waals surface area contributed by atoms with Crippen LogP contribution in [0.4, 0.5) is 0 Å². The topological polar surface area (TPSA) is 152 Å². The van der Waals surface area contributed by atoms with Crippen LogP contribution in [0.5, 0.6) is 0 Å². The molecule has 60 heavy (non-hydrogen) atoms. The summed E-state index contributed by atoms with van der Waals surface area (Å²) in [5.74, 6) is -1.34. The van der Waals surface area contributed by atoms with Crippen LogP contribution in [0, 0.1) is 69.5 Å². The van der Waals surface area contributed by atoms with Crippen molar-refractivity contribution >= 4 is 29.5 Å². The molecule has 2 amide bonds. The predicted octanol–water partition coefficient (Wildman–Crippen LogP) is 8.94. The number of esters is 1. The molecule has 8 rings (SSSR count). The van der Waals surface area contributed by atoms with Gasteiger partial charge >= 0.3 is 11.9 Å². The Balaban J connectivity index is 1.05. The summed E-state index contributed by atoms with van der Waals surface area (Å²) in [7, 11) is 0. The van der Waals surface area contributed by atoms with Crippen molar-refractivity contribution in [3.8, 4) is 0 Å². The van der Waals surface area contributed by atoms with Gasteiger partial charge in [0.15, 0.2) is 5.78 Å². The van der Waals surface area contributed by atoms with Gasteiger partial charge in [-0.25, -0.2) is 0 Å². The van der Waals surface area contributed by atoms with Crippen LogP contribution in [0.15, 0.2) is 29.5 Å². The van der Waals surface area contributed by atoms with Crippen LogP contribution in [-0.2, 0) is 23.9 Å². The number of amides is 2. The van der Waals surface area contributed by atoms with Crippen LogP contribution in [0.3, 0.4) is 0 Å². The van der Waals surface area contributed by atoms with Crippen LogP contribution in [0.25, 0.3) is 0 Å². The molecular weight excluding hydrogens is 755 g/mol. The highest BCUT2D eigenvalue weighted by atomic mass is 16.5. The van der Waals surface area contributed by atoms with Crippen LogP contribution < -0.4 is 10.6 Å². The third kappa shape index (κ3) is 6.12. The van der Waals surface area contributed by atoms with E-state index in [1.807, 2.05) is 26.8 Å². The lowest BCUT2D eigenvalue weighted by atomic mass is 9.33. The highest BCUT2D eigenvalue weighted by molar-refractivity contribution is 6.04. The Morgan fingerprint density at radius 2 is 1.50 bits per heavy atom. The molecule has 3 N–H and O–H groups in total. The van der Waals surface area contributed by atoms with E-state index in [4.69, 9.17) is 4.74 Å². The Labute approximate surface area is 357 Å². The summed E-state index contributed by atoms with van der Waals surface area (Å²) < 4.78 is 6.43. The summed E-state index contributed by atoms with van der Waals surface area (Å²) in [6.07, 6.45) is 12.2. The number of aromatic nitrogens is 1. The average molecular weight is 826 g/mol. The molecule has 10 nitrogen and oxygen atoms in total. The minimum atomic E-state index is -1.04. The standard InChI is InChI=1S/C50H71N3O7/c1-28(2)38-34(54)26-50(53-43(59)49(19-11-12-20-49)52-40(55)30-14-13-29(3)51-27-30)24-23-47(9)31(39(38)50)15-16-36-46(8)21-18-37(45(6,7)35(46)17-22-48(36,47)10)60-42(58)33-25-32(41(56)57)44(33,4)5/h13-14,27-28,31-33,35-37H,11-12,15-26H2,1-10H3,(H,52,55)(H,53,59)(H,56,57)/t31-,32+,33?,35+,36-,37+,46+,47-,48-,50-/m1/s1. The maximum Gasteiger partial charge on any atom is 0.309 e. The number of ether oxygens (including phenoxy) is 1. The number of carbonyl (C=O) groups is 5. The molecule has 0 saturated heterocycles. The Bertz CT molecular complexity index is 2010. The summed E-state index contributed by atoms with van der Waals surface area (Å²) in [5.41, 5.74) is 0.583. The number of nitrogens with zero attached hydrogens (tertiary/aromatic N) is 1. The first-order valence-electron chi connectivity index (χ1n) is 23.3. The number of aliphatic carboxylic acids is 1. The van der Waals surface area contributed by atoms with Crippen LogP contribution in [0.1, 0.15) is 168 Å². The molecule has 7 aliphatic rings. The van der Waals surface area contributed by atoms with Crippen molar-refractivity contribution < 1.29 is 33.8 Å². The number of rotatable bonds is 8. The fourth-order valence-electron chi connectivity index (χ4n) is 15.5. The lowest BCUT2D eigenvalue weighted by molar-refractivity contribution is -0.235. The van der Waals surface area contributed by atoms with E-state index in [2.05, 4.69) is 64.1 Å². The van der Waals surface area contributed by atoms with E-state index in [-0.39, 0.29) is 69.6 Å². The predicted molar refractivity (Wildman–Crippen MR) is 228 cm³/mol. The number of pyridine rings is 1. The molecule has 1 aromatic rings. The highest BCUT2D eigenvalue weighted by Crippen LogP contribution is 2.76. The van der Waals surface area contributed by atoms with E-state index >= 15 is 0 Å². The van der Waals surface area contributed by atoms with Crippen molar-refractivity contribution in [2.24, 2.45) is 62.6 Å². The number of nitrogens with one attached hydrogen (secondary N) is 2. The van der Waals surface area contributed by atoms with E-state index in [0.29, 0.717) is 43.1 Å². The van der Waals surface area contributed by atoms with Crippen LogP contribution >= 0.6 is 0 Å². The molecule has 0 aliphatic heterocycles. The summed E-state index contributed by atoms with van der Waals surface area (Å²) in [6.45, 7) is 22.1. The maximum atomic E-state index is 14.9. The van der Waals surface area contributed by atoms with Gasteiger partial charge in [-0.1, -0.05) is 75.2 Å². The molecule has 0 spiro atoms. The van der Waals surface area contributed by atoms with E-state index in [9.17, 15) is 29.1 Å². The molecule has 10 atom stereocenters. The summed E-state index contributed by atoms with van der Waals surface area (Å²) >= 11 is 0. The number of aryl methyl sites for hydroxylation is 1. The van der Waals surface area contributed by atoms with Crippen molar-refractivity contribution in [3.63, 3.8) is 0 Å². The normalized spacial score (nSPS) is 39.7. The first-order valence-corrected chi connectivity index (χ1v) is 23.3. The van der Waals surface area contributed by atoms with Gasteiger partial charge in [0.25, 0.3) is 5.91 Å². The summed E-state index contributed by atoms with van der Waals surface area (Å²) in [6, 6.07) is 3.57. The minimum absolute atomic E-state index is 0.0117. The lowest BCUT2D eigenvalue weighted by Crippen LogP contribution is -2.68. The number of fused-ring (bicyclic) bond motifs is 7. The van der Waals surface area contributed by atoms with E-state index in [1.165, 1.54) is 5.57 Å². The molecule has 1 unspecified atom stereocenters. The molecule has 0 radical (unpaired) electrons. The first-order chi connectivity index (χ1) is 28.0. The van der Waals surface area contributed by atoms with Gasteiger partial charge in [-0.05, 0) is 146 Å². The molecule has 7 aliphatic carbocycles. The first kappa shape index (κ1) is 43.1. The lowest BCUT2D eigenvalue weighted by Gasteiger charge is -2.72. The van der Waals surface area contributed by atoms with Crippen molar-refractivity contribution in [3.05, 3.63) is 40.7 Å². The van der Waals surface area contributed by atoms with Crippen LogP contribution in [-0.4, -0.2) is 56.8 Å². The molecule has 10 heteroatoms. The monoisotopic (exact) mass is 826 g/mol. The second-order valence-electron chi connectivity index (χ2n) is 23.0. The van der Waals surface area contributed by atoms with Crippen molar-refractivity contribution in [2.75, 3.05) is 0 Å². The number of hydrogen-bond acceptors (Lipinski definition) is 7. The molecule has 1 aromatic heterocycles. The number of carboxylic acids is 1. The van der Waals surface area contributed by atoms with Gasteiger partial charge in [0, 0.05) is 23.7 Å². The zero-order valence-electron chi connectivity index (χ0n) is 38.0. The van der Waals surface area contributed by atoms with Gasteiger partial charge in [0.05, 0.1) is 22.9 Å². The third-order valence-corrected chi connectivity index (χ3v) is 19.2. The number of hydrogen-bond donors (Lipinski definition) is 3. The van der Waals surface area contributed by atoms with E-state index in [1.54, 1.807) is 12.3 Å². The number of carbonyl (C=O) groups excluding carboxylic acids is 4. The molecule has 6 saturated carbocycles. The quantitative estimate of drug-likeness (QED) is 0.220. The average Bonchev–Trinajstić information content (AvgIpc) is 3.75. The molecule has 1 heterocycles. The number of allylic oxidation sites excluding steroid dienone is 1. The molecule has 0 aromatic carbocycles. The zero-order valence-corrected chi connectivity index (χ0v) is 38.0. The zero-order chi connectivity index (χ0) is 43.6. The van der Waals surface area contributed by atoms with Crippen molar-refractivity contribution in [1.29, 1.82) is 0 Å². The van der Waals surface area contributed by atoms with Crippen molar-refractivity contribution in [2.45, 2.75) is 176 Å². The SMILES string of the molecule is Cc1ccc(C(=O)NC2(C(=O)N[C@@]34CC[C@]5(C)[C@H](CC[C@@H]6[C@@]7(C)CC[C@H](OC(=O)C8C[C@@H](C(=O)O)C8(C)C)C(C)(C)[C@@H]7CC[C@]65C)C3=C(C(C)C)C(=O)C4)CCCC2)cn1. The Morgan fingerprint density at radius 1 is 0.800 bits per heavy atom. The van der Waals surface area contributed by atoms with E-state index < -0.39 is 34.3 Å². The fraction of sp³-hybridized carbons (Fsp3) is 0.760. The fourth-order valence-corrected chi connectivity index (χ4v) is 15.5. The molecule has 328 valence electrons. The van der Waals surface area contributed by atoms with Gasteiger partial charge in [-0.3, -0.25) is 29.0 Å². The van der Waals surface area contributed by atoms with Crippen LogP contribution in [0.2, 0.25) is 0 Å². The van der Waals surface area contributed by atoms with Crippen molar-refractivity contribution in [1.82, 2.24) is 15.6 Å². The number of carboxylic acid groups (broad SMARTS) is 1. The summed E-state index contributed by atoms with van der Waals surface area (Å²) in [4.78, 5) is 72.6. The molecular formula is C50H71N3O7. The molecule has 0 bridgehead atoms. The van der Waals surface area contributed by atoms with E-state index in [0.717, 1.165) is 69.1 Å². The second-order valence-corrected chi connectivity index (χ2v) is 23.0. The Morgan fingerprint density at radius 3 is 2.12 bits per heavy atom. The minimum Gasteiger partial charge on any atom is -0.481 e. The second kappa shape index (κ2) is 14.2. The number of ketones is 1. The Kier molecular flexibility index (Phi) is 10.2. The molecule has 6 fully saturated rings. The van der Waals surface area contributed by atoms with Gasteiger partial charge < -0.3 is 20.5 Å². The van der Waals surface area contributed by atoms with Gasteiger partial charge in [0.2, 0.25) is 5.91 Å². The Hall–Kier alpha value is -3.56. The summed E-state index contributed by atoms with van der Waals surface area (Å²) in [5, 5.41) is 16.5. The largest absolute Gasteiger partial charge is 0.481 e. The van der Waals surface area contributed by atoms with Gasteiger partial charge in [-0.2, -0.15) is 0 Å². The maximum absolute atomic E-state index is 14.9. The van der Waals surface area contributed by atoms with Gasteiger partial charge in [0.1, 0.15) is 11.6 Å². The van der Waals surface area contributed by atoms with Gasteiger partial charge in [-0.15, -0.1) is 0 Å². The number of Topliss-reactive ketones (excluding diaryl/α,β-unsaturated/α-hetero) is 1. The smallest absolute Gasteiger partial charge is 0.309 e. The third-order valence-electron chi connectivity index (χ3n) is 19.2.